The van der Waals surface area contributed by atoms with Gasteiger partial charge < -0.3 is 11.1 Å². The third-order valence-corrected chi connectivity index (χ3v) is 3.43. The molecule has 0 spiro atoms. The smallest absolute Gasteiger partial charge is 0.138 e. The highest BCUT2D eigenvalue weighted by Gasteiger charge is 2.15. The first-order chi connectivity index (χ1) is 9.52. The highest BCUT2D eigenvalue weighted by Crippen LogP contribution is 2.23. The molecule has 4 nitrogen and oxygen atoms in total. The Morgan fingerprint density at radius 3 is 2.55 bits per heavy atom. The van der Waals surface area contributed by atoms with Crippen LogP contribution in [0, 0.1) is 6.92 Å². The molecule has 1 heterocycles. The minimum atomic E-state index is 0.362. The lowest BCUT2D eigenvalue weighted by atomic mass is 10.1. The van der Waals surface area contributed by atoms with Crippen LogP contribution in [0.1, 0.15) is 30.2 Å². The van der Waals surface area contributed by atoms with Crippen molar-refractivity contribution in [3.8, 4) is 0 Å². The fourth-order valence-corrected chi connectivity index (χ4v) is 2.52. The van der Waals surface area contributed by atoms with Gasteiger partial charge >= 0.3 is 0 Å². The van der Waals surface area contributed by atoms with Crippen molar-refractivity contribution >= 4 is 28.7 Å². The van der Waals surface area contributed by atoms with Crippen molar-refractivity contribution < 1.29 is 0 Å². The molecule has 0 aliphatic rings. The van der Waals surface area contributed by atoms with Crippen molar-refractivity contribution in [2.24, 2.45) is 12.8 Å². The van der Waals surface area contributed by atoms with Crippen LogP contribution in [0.5, 0.6) is 0 Å². The van der Waals surface area contributed by atoms with Crippen LogP contribution < -0.4 is 11.1 Å². The minimum absolute atomic E-state index is 0.362. The molecule has 0 saturated carbocycles. The maximum Gasteiger partial charge on any atom is 0.138 e. The Kier molecular flexibility index (Phi) is 4.39. The van der Waals surface area contributed by atoms with E-state index in [1.165, 1.54) is 5.56 Å². The van der Waals surface area contributed by atoms with Gasteiger partial charge in [0.15, 0.2) is 0 Å². The zero-order valence-electron chi connectivity index (χ0n) is 12.1. The molecule has 20 heavy (non-hydrogen) atoms. The molecule has 106 valence electrons. The van der Waals surface area contributed by atoms with Gasteiger partial charge in [-0.25, -0.2) is 0 Å². The number of hydrogen-bond donors (Lipinski definition) is 2. The second-order valence-corrected chi connectivity index (χ2v) is 5.31. The molecule has 5 heteroatoms. The van der Waals surface area contributed by atoms with Gasteiger partial charge in [0.25, 0.3) is 0 Å². The number of nitrogens with two attached hydrogens (primary N) is 1. The topological polar surface area (TPSA) is 55.9 Å². The summed E-state index contributed by atoms with van der Waals surface area (Å²) in [5.74, 6) is 0.832. The number of aromatic nitrogens is 2. The lowest BCUT2D eigenvalue weighted by Gasteiger charge is -2.10. The lowest BCUT2D eigenvalue weighted by molar-refractivity contribution is 0.765. The summed E-state index contributed by atoms with van der Waals surface area (Å²) in [6.45, 7) is 4.09. The van der Waals surface area contributed by atoms with E-state index in [0.717, 1.165) is 35.6 Å². The molecule has 0 amide bonds. The second-order valence-electron chi connectivity index (χ2n) is 4.87. The van der Waals surface area contributed by atoms with E-state index in [1.807, 2.05) is 14.0 Å². The van der Waals surface area contributed by atoms with Gasteiger partial charge in [0, 0.05) is 12.7 Å². The Bertz CT molecular complexity index is 614. The molecule has 0 aliphatic carbocycles. The van der Waals surface area contributed by atoms with Gasteiger partial charge in [0.05, 0.1) is 11.3 Å². The van der Waals surface area contributed by atoms with E-state index in [-0.39, 0.29) is 0 Å². The minimum Gasteiger partial charge on any atom is -0.389 e. The highest BCUT2D eigenvalue weighted by molar-refractivity contribution is 7.80. The summed E-state index contributed by atoms with van der Waals surface area (Å²) in [6.07, 6.45) is 2.25. The predicted octanol–water partition coefficient (Wildman–Crippen LogP) is 3.06. The standard InChI is InChI=1S/C15H20N4S/c1-4-5-11-6-8-12(9-7-11)17-15-13(14(16)20)10(2)18-19(15)3/h6-9,17H,4-5H2,1-3H3,(H2,16,20). The molecule has 0 atom stereocenters. The summed E-state index contributed by atoms with van der Waals surface area (Å²) < 4.78 is 1.77. The van der Waals surface area contributed by atoms with Crippen LogP contribution in [0.25, 0.3) is 0 Å². The number of aryl methyl sites for hydroxylation is 3. The van der Waals surface area contributed by atoms with Gasteiger partial charge in [-0.2, -0.15) is 5.10 Å². The van der Waals surface area contributed by atoms with Crippen LogP contribution in [0.4, 0.5) is 11.5 Å². The van der Waals surface area contributed by atoms with Crippen molar-refractivity contribution in [1.29, 1.82) is 0 Å². The maximum absolute atomic E-state index is 5.78. The number of anilines is 2. The highest BCUT2D eigenvalue weighted by atomic mass is 32.1. The van der Waals surface area contributed by atoms with E-state index in [1.54, 1.807) is 4.68 Å². The molecule has 3 N–H and O–H groups in total. The molecule has 1 aromatic carbocycles. The number of benzene rings is 1. The van der Waals surface area contributed by atoms with Crippen molar-refractivity contribution in [3.63, 3.8) is 0 Å². The number of hydrogen-bond acceptors (Lipinski definition) is 3. The van der Waals surface area contributed by atoms with Gasteiger partial charge in [0.2, 0.25) is 0 Å². The van der Waals surface area contributed by atoms with Crippen molar-refractivity contribution in [1.82, 2.24) is 9.78 Å². The summed E-state index contributed by atoms with van der Waals surface area (Å²) >= 11 is 5.11. The van der Waals surface area contributed by atoms with E-state index in [0.29, 0.717) is 4.99 Å². The molecule has 2 aromatic rings. The molecule has 0 fully saturated rings. The molecule has 1 aromatic heterocycles. The second kappa shape index (κ2) is 6.05. The summed E-state index contributed by atoms with van der Waals surface area (Å²) in [4.78, 5) is 0.362. The van der Waals surface area contributed by atoms with Crippen molar-refractivity contribution in [2.75, 3.05) is 5.32 Å². The van der Waals surface area contributed by atoms with Crippen molar-refractivity contribution in [3.05, 3.63) is 41.1 Å². The molecule has 0 bridgehead atoms. The van der Waals surface area contributed by atoms with Crippen LogP contribution in [-0.2, 0) is 13.5 Å². The predicted molar refractivity (Wildman–Crippen MR) is 87.6 cm³/mol. The van der Waals surface area contributed by atoms with Gasteiger partial charge in [-0.15, -0.1) is 0 Å². The average Bonchev–Trinajstić information content (AvgIpc) is 2.67. The SMILES string of the molecule is CCCc1ccc(Nc2c(C(N)=S)c(C)nn2C)cc1. The fourth-order valence-electron chi connectivity index (χ4n) is 2.28. The molecular weight excluding hydrogens is 268 g/mol. The molecule has 0 saturated heterocycles. The normalized spacial score (nSPS) is 10.6. The zero-order valence-corrected chi connectivity index (χ0v) is 12.9. The molecular formula is C15H20N4S. The van der Waals surface area contributed by atoms with Gasteiger partial charge in [-0.1, -0.05) is 37.7 Å². The van der Waals surface area contributed by atoms with E-state index in [9.17, 15) is 0 Å². The van der Waals surface area contributed by atoms with Gasteiger partial charge in [-0.3, -0.25) is 4.68 Å². The summed E-state index contributed by atoms with van der Waals surface area (Å²) in [7, 11) is 1.88. The number of nitrogens with one attached hydrogen (secondary N) is 1. The van der Waals surface area contributed by atoms with Gasteiger partial charge in [0.1, 0.15) is 10.8 Å². The van der Waals surface area contributed by atoms with Gasteiger partial charge in [-0.05, 0) is 31.0 Å². The number of rotatable bonds is 5. The Morgan fingerprint density at radius 1 is 1.35 bits per heavy atom. The third kappa shape index (κ3) is 2.99. The summed E-state index contributed by atoms with van der Waals surface area (Å²) in [5.41, 5.74) is 9.77. The molecule has 2 rings (SSSR count). The Labute approximate surface area is 125 Å². The first-order valence-electron chi connectivity index (χ1n) is 6.72. The Balaban J connectivity index is 2.28. The molecule has 0 unspecified atom stereocenters. The fraction of sp³-hybridized carbons (Fsp3) is 0.333. The maximum atomic E-state index is 5.78. The number of thiocarbonyl (C=S) groups is 1. The molecule has 0 radical (unpaired) electrons. The van der Waals surface area contributed by atoms with Crippen LogP contribution >= 0.6 is 12.2 Å². The van der Waals surface area contributed by atoms with Crippen LogP contribution in [0.3, 0.4) is 0 Å². The third-order valence-electron chi connectivity index (χ3n) is 3.22. The van der Waals surface area contributed by atoms with Crippen LogP contribution in [0.2, 0.25) is 0 Å². The lowest BCUT2D eigenvalue weighted by Crippen LogP contribution is -2.12. The summed E-state index contributed by atoms with van der Waals surface area (Å²) in [5, 5.41) is 7.71. The van der Waals surface area contributed by atoms with Crippen molar-refractivity contribution in [2.45, 2.75) is 26.7 Å². The first-order valence-corrected chi connectivity index (χ1v) is 7.13. The van der Waals surface area contributed by atoms with Crippen LogP contribution in [0.15, 0.2) is 24.3 Å². The Morgan fingerprint density at radius 2 is 2.00 bits per heavy atom. The van der Waals surface area contributed by atoms with E-state index >= 15 is 0 Å². The average molecular weight is 288 g/mol. The monoisotopic (exact) mass is 288 g/mol. The first kappa shape index (κ1) is 14.5. The van der Waals surface area contributed by atoms with Crippen LogP contribution in [-0.4, -0.2) is 14.8 Å². The molecule has 0 aliphatic heterocycles. The Hall–Kier alpha value is -1.88. The van der Waals surface area contributed by atoms with E-state index in [2.05, 4.69) is 41.6 Å². The number of nitrogens with zero attached hydrogens (tertiary/aromatic N) is 2. The van der Waals surface area contributed by atoms with E-state index in [4.69, 9.17) is 18.0 Å². The van der Waals surface area contributed by atoms with E-state index < -0.39 is 0 Å². The quantitative estimate of drug-likeness (QED) is 0.830. The summed E-state index contributed by atoms with van der Waals surface area (Å²) in [6, 6.07) is 8.40. The zero-order chi connectivity index (χ0) is 14.7. The largest absolute Gasteiger partial charge is 0.389 e.